The van der Waals surface area contributed by atoms with E-state index in [4.69, 9.17) is 0 Å². The third-order valence-corrected chi connectivity index (χ3v) is 2.39. The van der Waals surface area contributed by atoms with E-state index in [1.165, 1.54) is 12.2 Å². The van der Waals surface area contributed by atoms with Crippen molar-refractivity contribution in [3.05, 3.63) is 56.9 Å². The highest BCUT2D eigenvalue weighted by molar-refractivity contribution is 5.79. The molecule has 1 aromatic rings. The molecular weight excluding hydrogens is 234 g/mol. The van der Waals surface area contributed by atoms with Gasteiger partial charge in [0.2, 0.25) is 5.88 Å². The lowest BCUT2D eigenvalue weighted by atomic mass is 10.2. The number of aromatic hydroxyl groups is 1. The summed E-state index contributed by atoms with van der Waals surface area (Å²) in [5, 5.41) is 9.92. The van der Waals surface area contributed by atoms with E-state index in [1.807, 2.05) is 0 Å². The third-order valence-electron chi connectivity index (χ3n) is 2.39. The lowest BCUT2D eigenvalue weighted by Crippen LogP contribution is -2.31. The average molecular weight is 245 g/mol. The second kappa shape index (κ2) is 4.70. The van der Waals surface area contributed by atoms with Crippen LogP contribution in [0.15, 0.2) is 45.1 Å². The van der Waals surface area contributed by atoms with Gasteiger partial charge in [-0.15, -0.1) is 6.58 Å². The van der Waals surface area contributed by atoms with E-state index >= 15 is 0 Å². The van der Waals surface area contributed by atoms with Gasteiger partial charge < -0.3 is 5.11 Å². The predicted molar refractivity (Wildman–Crippen MR) is 68.8 cm³/mol. The standard InChI is InChI=1S/C12H11N3O3/c1-2-6-15-11(17)9(10(16)14-12(15)18)7-8-4-3-5-13-8/h2-5,7,17H,1,6H2,(H,14,16,18)/b8-7-. The van der Waals surface area contributed by atoms with Gasteiger partial charge in [-0.2, -0.15) is 0 Å². The highest BCUT2D eigenvalue weighted by atomic mass is 16.3. The van der Waals surface area contributed by atoms with Crippen molar-refractivity contribution in [2.24, 2.45) is 4.99 Å². The Kier molecular flexibility index (Phi) is 3.09. The maximum atomic E-state index is 11.6. The molecule has 2 rings (SSSR count). The summed E-state index contributed by atoms with van der Waals surface area (Å²) >= 11 is 0. The van der Waals surface area contributed by atoms with Crippen LogP contribution in [-0.2, 0) is 6.54 Å². The molecule has 2 N–H and O–H groups in total. The minimum atomic E-state index is -0.676. The minimum absolute atomic E-state index is 0.00449. The number of hydrogen-bond acceptors (Lipinski definition) is 4. The maximum absolute atomic E-state index is 11.6. The quantitative estimate of drug-likeness (QED) is 0.756. The molecule has 0 aromatic carbocycles. The van der Waals surface area contributed by atoms with Crippen molar-refractivity contribution in [1.29, 1.82) is 0 Å². The molecular formula is C12H11N3O3. The van der Waals surface area contributed by atoms with E-state index in [9.17, 15) is 14.7 Å². The predicted octanol–water partition coefficient (Wildman–Crippen LogP) is 0.410. The molecule has 0 amide bonds. The van der Waals surface area contributed by atoms with Gasteiger partial charge in [-0.3, -0.25) is 19.3 Å². The van der Waals surface area contributed by atoms with Crippen LogP contribution in [0.2, 0.25) is 0 Å². The van der Waals surface area contributed by atoms with Gasteiger partial charge in [-0.25, -0.2) is 4.79 Å². The summed E-state index contributed by atoms with van der Waals surface area (Å²) in [6, 6.07) is 0. The second-order valence-corrected chi connectivity index (χ2v) is 3.60. The van der Waals surface area contributed by atoms with Crippen molar-refractivity contribution in [2.75, 3.05) is 0 Å². The first kappa shape index (κ1) is 11.8. The van der Waals surface area contributed by atoms with Crippen LogP contribution in [0.4, 0.5) is 0 Å². The Balaban J connectivity index is 2.64. The van der Waals surface area contributed by atoms with Crippen LogP contribution in [-0.4, -0.2) is 20.9 Å². The highest BCUT2D eigenvalue weighted by Gasteiger charge is 2.12. The van der Waals surface area contributed by atoms with Crippen LogP contribution < -0.4 is 11.2 Å². The van der Waals surface area contributed by atoms with Crippen molar-refractivity contribution < 1.29 is 5.11 Å². The van der Waals surface area contributed by atoms with Gasteiger partial charge in [0.25, 0.3) is 5.56 Å². The summed E-state index contributed by atoms with van der Waals surface area (Å²) in [4.78, 5) is 29.2. The minimum Gasteiger partial charge on any atom is -0.494 e. The zero-order valence-corrected chi connectivity index (χ0v) is 9.46. The smallest absolute Gasteiger partial charge is 0.331 e. The van der Waals surface area contributed by atoms with Crippen molar-refractivity contribution in [2.45, 2.75) is 6.54 Å². The number of rotatable bonds is 3. The fraction of sp³-hybridized carbons (Fsp3) is 0.0833. The molecule has 18 heavy (non-hydrogen) atoms. The second-order valence-electron chi connectivity index (χ2n) is 3.60. The Morgan fingerprint density at radius 2 is 2.28 bits per heavy atom. The average Bonchev–Trinajstić information content (AvgIpc) is 2.83. The van der Waals surface area contributed by atoms with Crippen LogP contribution in [0.25, 0.3) is 6.08 Å². The molecule has 0 fully saturated rings. The zero-order chi connectivity index (χ0) is 13.1. The Morgan fingerprint density at radius 3 is 2.89 bits per heavy atom. The van der Waals surface area contributed by atoms with Gasteiger partial charge in [-0.05, 0) is 18.2 Å². The molecule has 1 aliphatic rings. The summed E-state index contributed by atoms with van der Waals surface area (Å²) in [5.41, 5.74) is -0.805. The van der Waals surface area contributed by atoms with E-state index in [0.717, 1.165) is 4.57 Å². The molecule has 6 heteroatoms. The van der Waals surface area contributed by atoms with E-state index < -0.39 is 17.1 Å². The summed E-state index contributed by atoms with van der Waals surface area (Å²) in [6.07, 6.45) is 7.81. The van der Waals surface area contributed by atoms with E-state index in [1.54, 1.807) is 18.4 Å². The zero-order valence-electron chi connectivity index (χ0n) is 9.46. The molecule has 92 valence electrons. The molecule has 0 bridgehead atoms. The third kappa shape index (κ3) is 2.08. The number of allylic oxidation sites excluding steroid dienone is 3. The van der Waals surface area contributed by atoms with Crippen LogP contribution in [0.1, 0.15) is 5.56 Å². The van der Waals surface area contributed by atoms with Crippen LogP contribution in [0.3, 0.4) is 0 Å². The largest absolute Gasteiger partial charge is 0.494 e. The Bertz CT molecular complexity index is 675. The summed E-state index contributed by atoms with van der Waals surface area (Å²) in [5.74, 6) is -0.397. The van der Waals surface area contributed by atoms with Gasteiger partial charge in [-0.1, -0.05) is 6.08 Å². The lowest BCUT2D eigenvalue weighted by molar-refractivity contribution is 0.409. The summed E-state index contributed by atoms with van der Waals surface area (Å²) in [6.45, 7) is 3.59. The van der Waals surface area contributed by atoms with Gasteiger partial charge >= 0.3 is 5.69 Å². The van der Waals surface area contributed by atoms with Crippen LogP contribution >= 0.6 is 0 Å². The summed E-state index contributed by atoms with van der Waals surface area (Å²) in [7, 11) is 0. The number of H-pyrrole nitrogens is 1. The molecule has 0 unspecified atom stereocenters. The molecule has 0 saturated heterocycles. The lowest BCUT2D eigenvalue weighted by Gasteiger charge is -2.07. The van der Waals surface area contributed by atoms with E-state index in [-0.39, 0.29) is 12.1 Å². The van der Waals surface area contributed by atoms with Gasteiger partial charge in [0.1, 0.15) is 5.56 Å². The highest BCUT2D eigenvalue weighted by Crippen LogP contribution is 2.16. The normalized spacial score (nSPS) is 15.4. The Hall–Kier alpha value is -2.63. The molecule has 0 aliphatic carbocycles. The van der Waals surface area contributed by atoms with Crippen LogP contribution in [0, 0.1) is 0 Å². The topological polar surface area (TPSA) is 87.4 Å². The molecule has 0 spiro atoms. The summed E-state index contributed by atoms with van der Waals surface area (Å²) < 4.78 is 1.02. The fourth-order valence-electron chi connectivity index (χ4n) is 1.55. The van der Waals surface area contributed by atoms with Crippen LogP contribution in [0.5, 0.6) is 5.88 Å². The van der Waals surface area contributed by atoms with Crippen molar-refractivity contribution in [3.8, 4) is 5.88 Å². The number of nitrogens with zero attached hydrogens (tertiary/aromatic N) is 2. The number of aromatic amines is 1. The van der Waals surface area contributed by atoms with E-state index in [2.05, 4.69) is 16.6 Å². The van der Waals surface area contributed by atoms with Gasteiger partial charge in [0.15, 0.2) is 0 Å². The number of hydrogen-bond donors (Lipinski definition) is 2. The Labute approximate surface area is 102 Å². The molecule has 1 aromatic heterocycles. The molecule has 0 saturated carbocycles. The number of aliphatic imine (C=N–C) groups is 1. The van der Waals surface area contributed by atoms with Crippen molar-refractivity contribution in [3.63, 3.8) is 0 Å². The van der Waals surface area contributed by atoms with Crippen molar-refractivity contribution >= 4 is 12.3 Å². The van der Waals surface area contributed by atoms with Gasteiger partial charge in [0, 0.05) is 12.8 Å². The number of aromatic nitrogens is 2. The monoisotopic (exact) mass is 245 g/mol. The Morgan fingerprint density at radius 1 is 1.50 bits per heavy atom. The first-order chi connectivity index (χ1) is 8.63. The van der Waals surface area contributed by atoms with Gasteiger partial charge in [0.05, 0.1) is 5.70 Å². The molecule has 2 heterocycles. The molecule has 1 aliphatic heterocycles. The first-order valence-electron chi connectivity index (χ1n) is 5.23. The SMILES string of the molecule is C=CCn1c(O)c(/C=C2/C=CC=N2)c(=O)[nH]c1=O. The number of nitrogens with one attached hydrogen (secondary N) is 1. The fourth-order valence-corrected chi connectivity index (χ4v) is 1.55. The van der Waals surface area contributed by atoms with E-state index in [0.29, 0.717) is 5.70 Å². The van der Waals surface area contributed by atoms with Crippen molar-refractivity contribution in [1.82, 2.24) is 9.55 Å². The first-order valence-corrected chi connectivity index (χ1v) is 5.23. The molecule has 0 radical (unpaired) electrons. The maximum Gasteiger partial charge on any atom is 0.331 e. The molecule has 6 nitrogen and oxygen atoms in total. The molecule has 0 atom stereocenters.